The smallest absolute Gasteiger partial charge is 0.268 e. The Morgan fingerprint density at radius 3 is 2.14 bits per heavy atom. The maximum Gasteiger partial charge on any atom is 0.268 e. The van der Waals surface area contributed by atoms with Crippen molar-refractivity contribution in [3.05, 3.63) is 100.0 Å². The molecule has 1 N–H and O–H groups in total. The van der Waals surface area contributed by atoms with E-state index in [2.05, 4.69) is 29.6 Å². The summed E-state index contributed by atoms with van der Waals surface area (Å²) in [5.74, 6) is 0.122. The minimum atomic E-state index is -0.308. The van der Waals surface area contributed by atoms with Crippen molar-refractivity contribution >= 4 is 5.91 Å². The van der Waals surface area contributed by atoms with Crippen molar-refractivity contribution in [3.8, 4) is 5.75 Å². The van der Waals surface area contributed by atoms with Crippen LogP contribution in [0.5, 0.6) is 5.75 Å². The van der Waals surface area contributed by atoms with Gasteiger partial charge < -0.3 is 14.6 Å². The van der Waals surface area contributed by atoms with Crippen LogP contribution in [0.15, 0.2) is 77.7 Å². The molecule has 0 aliphatic heterocycles. The Labute approximate surface area is 164 Å². The third-order valence-corrected chi connectivity index (χ3v) is 4.78. The molecule has 1 aromatic heterocycles. The first kappa shape index (κ1) is 19.4. The summed E-state index contributed by atoms with van der Waals surface area (Å²) in [7, 11) is 3.15. The number of pyridine rings is 1. The van der Waals surface area contributed by atoms with E-state index < -0.39 is 0 Å². The van der Waals surface area contributed by atoms with Crippen molar-refractivity contribution in [1.82, 2.24) is 9.88 Å². The number of rotatable bonds is 7. The molecule has 5 nitrogen and oxygen atoms in total. The highest BCUT2D eigenvalue weighted by Gasteiger charge is 2.16. The molecular formula is C23H24N2O3. The van der Waals surface area contributed by atoms with Gasteiger partial charge in [0.25, 0.3) is 5.91 Å². The summed E-state index contributed by atoms with van der Waals surface area (Å²) in [4.78, 5) is 24.5. The van der Waals surface area contributed by atoms with E-state index in [1.165, 1.54) is 30.5 Å². The zero-order valence-corrected chi connectivity index (χ0v) is 16.1. The summed E-state index contributed by atoms with van der Waals surface area (Å²) in [6, 6.07) is 21.8. The molecule has 144 valence electrons. The highest BCUT2D eigenvalue weighted by atomic mass is 16.5. The fraction of sp³-hybridized carbons (Fsp3) is 0.217. The first-order valence-electron chi connectivity index (χ1n) is 9.23. The summed E-state index contributed by atoms with van der Waals surface area (Å²) in [6.45, 7) is 0.494. The highest BCUT2D eigenvalue weighted by Crippen LogP contribution is 2.27. The molecule has 0 aliphatic rings. The Morgan fingerprint density at radius 1 is 1.04 bits per heavy atom. The van der Waals surface area contributed by atoms with Gasteiger partial charge in [0.1, 0.15) is 5.69 Å². The van der Waals surface area contributed by atoms with E-state index in [4.69, 9.17) is 4.74 Å². The molecule has 0 aliphatic carbocycles. The zero-order chi connectivity index (χ0) is 19.9. The summed E-state index contributed by atoms with van der Waals surface area (Å²) in [5, 5.41) is 2.94. The van der Waals surface area contributed by atoms with Gasteiger partial charge in [-0.3, -0.25) is 9.59 Å². The molecule has 0 radical (unpaired) electrons. The van der Waals surface area contributed by atoms with E-state index in [-0.39, 0.29) is 23.0 Å². The summed E-state index contributed by atoms with van der Waals surface area (Å²) in [6.07, 6.45) is 2.28. The second kappa shape index (κ2) is 9.04. The van der Waals surface area contributed by atoms with Crippen LogP contribution in [0, 0.1) is 0 Å². The number of aryl methyl sites for hydroxylation is 1. The SMILES string of the molecule is COc1cn(C)c(C(=O)NCCC(c2ccccc2)c2ccccc2)cc1=O. The number of benzene rings is 2. The molecule has 3 rings (SSSR count). The average Bonchev–Trinajstić information content (AvgIpc) is 2.73. The van der Waals surface area contributed by atoms with Gasteiger partial charge in [-0.15, -0.1) is 0 Å². The van der Waals surface area contributed by atoms with E-state index >= 15 is 0 Å². The number of amides is 1. The number of hydrogen-bond donors (Lipinski definition) is 1. The molecule has 2 aromatic carbocycles. The van der Waals surface area contributed by atoms with E-state index in [1.54, 1.807) is 11.6 Å². The number of nitrogens with one attached hydrogen (secondary N) is 1. The molecule has 0 atom stereocenters. The van der Waals surface area contributed by atoms with Gasteiger partial charge >= 0.3 is 0 Å². The summed E-state index contributed by atoms with van der Waals surface area (Å²) < 4.78 is 6.60. The molecule has 1 heterocycles. The zero-order valence-electron chi connectivity index (χ0n) is 16.1. The van der Waals surface area contributed by atoms with Crippen LogP contribution in [0.1, 0.15) is 34.0 Å². The number of carbonyl (C=O) groups is 1. The Balaban J connectivity index is 1.72. The van der Waals surface area contributed by atoms with Crippen LogP contribution >= 0.6 is 0 Å². The first-order valence-corrected chi connectivity index (χ1v) is 9.23. The van der Waals surface area contributed by atoms with Gasteiger partial charge in [-0.05, 0) is 17.5 Å². The maximum atomic E-state index is 12.6. The minimum absolute atomic E-state index is 0.183. The third kappa shape index (κ3) is 4.49. The fourth-order valence-corrected chi connectivity index (χ4v) is 3.30. The molecule has 0 spiro atoms. The second-order valence-corrected chi connectivity index (χ2v) is 6.62. The van der Waals surface area contributed by atoms with Crippen molar-refractivity contribution < 1.29 is 9.53 Å². The van der Waals surface area contributed by atoms with Gasteiger partial charge in [-0.1, -0.05) is 60.7 Å². The summed E-state index contributed by atoms with van der Waals surface area (Å²) in [5.41, 5.74) is 2.42. The maximum absolute atomic E-state index is 12.6. The molecule has 0 fully saturated rings. The standard InChI is InChI=1S/C23H24N2O3/c1-25-16-22(28-2)21(26)15-20(25)23(27)24-14-13-19(17-9-5-3-6-10-17)18-11-7-4-8-12-18/h3-12,15-16,19H,13-14H2,1-2H3,(H,24,27). The van der Waals surface area contributed by atoms with Crippen LogP contribution in [0.2, 0.25) is 0 Å². The molecule has 1 amide bonds. The molecule has 0 unspecified atom stereocenters. The molecule has 0 saturated heterocycles. The first-order chi connectivity index (χ1) is 13.6. The molecule has 28 heavy (non-hydrogen) atoms. The lowest BCUT2D eigenvalue weighted by atomic mass is 9.88. The topological polar surface area (TPSA) is 60.3 Å². The average molecular weight is 376 g/mol. The van der Waals surface area contributed by atoms with Crippen molar-refractivity contribution in [1.29, 1.82) is 0 Å². The lowest BCUT2D eigenvalue weighted by Gasteiger charge is -2.19. The van der Waals surface area contributed by atoms with E-state index in [9.17, 15) is 9.59 Å². The van der Waals surface area contributed by atoms with Crippen molar-refractivity contribution in [2.45, 2.75) is 12.3 Å². The predicted molar refractivity (Wildman–Crippen MR) is 110 cm³/mol. The van der Waals surface area contributed by atoms with Crippen LogP contribution in [-0.4, -0.2) is 24.1 Å². The van der Waals surface area contributed by atoms with Gasteiger partial charge in [-0.2, -0.15) is 0 Å². The Hall–Kier alpha value is -3.34. The molecule has 0 saturated carbocycles. The Bertz CT molecular complexity index is 942. The Kier molecular flexibility index (Phi) is 6.27. The third-order valence-electron chi connectivity index (χ3n) is 4.78. The predicted octanol–water partition coefficient (Wildman–Crippen LogP) is 3.35. The number of ether oxygens (including phenoxy) is 1. The van der Waals surface area contributed by atoms with Gasteiger partial charge in [0, 0.05) is 25.6 Å². The van der Waals surface area contributed by atoms with Crippen molar-refractivity contribution in [3.63, 3.8) is 0 Å². The number of nitrogens with zero attached hydrogens (tertiary/aromatic N) is 1. The molecule has 5 heteroatoms. The van der Waals surface area contributed by atoms with E-state index in [1.807, 2.05) is 36.4 Å². The van der Waals surface area contributed by atoms with Crippen LogP contribution in [0.4, 0.5) is 0 Å². The van der Waals surface area contributed by atoms with E-state index in [0.29, 0.717) is 12.2 Å². The second-order valence-electron chi connectivity index (χ2n) is 6.62. The summed E-state index contributed by atoms with van der Waals surface area (Å²) >= 11 is 0. The normalized spacial score (nSPS) is 10.7. The van der Waals surface area contributed by atoms with E-state index in [0.717, 1.165) is 6.42 Å². The molecule has 0 bridgehead atoms. The quantitative estimate of drug-likeness (QED) is 0.688. The lowest BCUT2D eigenvalue weighted by Crippen LogP contribution is -2.29. The van der Waals surface area contributed by atoms with Crippen molar-refractivity contribution in [2.75, 3.05) is 13.7 Å². The lowest BCUT2D eigenvalue weighted by molar-refractivity contribution is 0.0943. The minimum Gasteiger partial charge on any atom is -0.491 e. The number of aromatic nitrogens is 1. The van der Waals surface area contributed by atoms with Crippen LogP contribution in [0.25, 0.3) is 0 Å². The molecular weight excluding hydrogens is 352 g/mol. The van der Waals surface area contributed by atoms with Gasteiger partial charge in [0.05, 0.1) is 13.3 Å². The van der Waals surface area contributed by atoms with Gasteiger partial charge in [-0.25, -0.2) is 0 Å². The number of methoxy groups -OCH3 is 1. The van der Waals surface area contributed by atoms with Crippen molar-refractivity contribution in [2.24, 2.45) is 7.05 Å². The Morgan fingerprint density at radius 2 is 1.61 bits per heavy atom. The van der Waals surface area contributed by atoms with Crippen LogP contribution in [0.3, 0.4) is 0 Å². The monoisotopic (exact) mass is 376 g/mol. The van der Waals surface area contributed by atoms with Gasteiger partial charge in [0.15, 0.2) is 5.75 Å². The number of hydrogen-bond acceptors (Lipinski definition) is 3. The van der Waals surface area contributed by atoms with Crippen LogP contribution in [-0.2, 0) is 7.05 Å². The van der Waals surface area contributed by atoms with Gasteiger partial charge in [0.2, 0.25) is 5.43 Å². The highest BCUT2D eigenvalue weighted by molar-refractivity contribution is 5.92. The molecule has 3 aromatic rings. The largest absolute Gasteiger partial charge is 0.491 e. The number of carbonyl (C=O) groups excluding carboxylic acids is 1. The fourth-order valence-electron chi connectivity index (χ4n) is 3.30. The van der Waals surface area contributed by atoms with Crippen LogP contribution < -0.4 is 15.5 Å².